The summed E-state index contributed by atoms with van der Waals surface area (Å²) in [6.07, 6.45) is 5.49. The Kier molecular flexibility index (Phi) is 4.93. The molecule has 1 saturated heterocycles. The van der Waals surface area contributed by atoms with Gasteiger partial charge in [-0.05, 0) is 32.7 Å². The van der Waals surface area contributed by atoms with Gasteiger partial charge in [-0.3, -0.25) is 0 Å². The Morgan fingerprint density at radius 3 is 2.84 bits per heavy atom. The van der Waals surface area contributed by atoms with Crippen LogP contribution < -0.4 is 5.32 Å². The largest absolute Gasteiger partial charge is 0.374 e. The number of nitrogens with one attached hydrogen (secondary N) is 1. The highest BCUT2D eigenvalue weighted by Crippen LogP contribution is 2.23. The summed E-state index contributed by atoms with van der Waals surface area (Å²) in [5.74, 6) is 1.63. The maximum absolute atomic E-state index is 5.96. The van der Waals surface area contributed by atoms with Gasteiger partial charge in [0, 0.05) is 19.0 Å². The van der Waals surface area contributed by atoms with E-state index in [1.165, 1.54) is 0 Å². The quantitative estimate of drug-likeness (QED) is 0.850. The molecular formula is C14H26N4O. The Morgan fingerprint density at radius 1 is 1.47 bits per heavy atom. The highest BCUT2D eigenvalue weighted by molar-refractivity contribution is 4.94. The van der Waals surface area contributed by atoms with Crippen molar-refractivity contribution in [2.45, 2.75) is 64.8 Å². The normalized spacial score (nSPS) is 25.1. The van der Waals surface area contributed by atoms with Crippen molar-refractivity contribution >= 4 is 0 Å². The van der Waals surface area contributed by atoms with E-state index in [0.29, 0.717) is 24.2 Å². The molecule has 0 bridgehead atoms. The molecule has 1 aliphatic heterocycles. The van der Waals surface area contributed by atoms with Gasteiger partial charge < -0.3 is 10.1 Å². The smallest absolute Gasteiger partial charge is 0.138 e. The number of rotatable bonds is 6. The standard InChI is InChI=1S/C14H26N4O/c1-10(2)8-18-14(16-9-17-18)7-12(15-4)13-6-5-11(3)19-13/h9-13,15H,5-8H2,1-4H3. The van der Waals surface area contributed by atoms with Crippen molar-refractivity contribution in [2.75, 3.05) is 7.05 Å². The van der Waals surface area contributed by atoms with Crippen LogP contribution in [0, 0.1) is 5.92 Å². The van der Waals surface area contributed by atoms with Crippen LogP contribution in [0.15, 0.2) is 6.33 Å². The third kappa shape index (κ3) is 3.76. The lowest BCUT2D eigenvalue weighted by atomic mass is 10.0. The van der Waals surface area contributed by atoms with Crippen LogP contribution in [0.1, 0.15) is 39.4 Å². The first-order valence-corrected chi connectivity index (χ1v) is 7.29. The number of hydrogen-bond acceptors (Lipinski definition) is 4. The monoisotopic (exact) mass is 266 g/mol. The number of ether oxygens (including phenoxy) is 1. The van der Waals surface area contributed by atoms with Gasteiger partial charge in [-0.15, -0.1) is 0 Å². The topological polar surface area (TPSA) is 52.0 Å². The summed E-state index contributed by atoms with van der Waals surface area (Å²) in [6.45, 7) is 7.47. The second-order valence-corrected chi connectivity index (χ2v) is 5.91. The average Bonchev–Trinajstić information content (AvgIpc) is 2.95. The van der Waals surface area contributed by atoms with Crippen molar-refractivity contribution in [3.63, 3.8) is 0 Å². The predicted molar refractivity (Wildman–Crippen MR) is 75.0 cm³/mol. The number of aromatic nitrogens is 3. The van der Waals surface area contributed by atoms with Crippen LogP contribution in [0.2, 0.25) is 0 Å². The molecule has 0 amide bonds. The van der Waals surface area contributed by atoms with Gasteiger partial charge in [-0.1, -0.05) is 13.8 Å². The molecule has 1 aromatic rings. The van der Waals surface area contributed by atoms with Crippen LogP contribution in [0.4, 0.5) is 0 Å². The molecule has 0 aliphatic carbocycles. The summed E-state index contributed by atoms with van der Waals surface area (Å²) in [6, 6.07) is 0.320. The molecular weight excluding hydrogens is 240 g/mol. The summed E-state index contributed by atoms with van der Waals surface area (Å²) in [5.41, 5.74) is 0. The Balaban J connectivity index is 2.00. The molecule has 2 heterocycles. The molecule has 1 aliphatic rings. The molecule has 19 heavy (non-hydrogen) atoms. The van der Waals surface area contributed by atoms with Crippen molar-refractivity contribution < 1.29 is 4.74 Å². The van der Waals surface area contributed by atoms with Crippen LogP contribution in [0.5, 0.6) is 0 Å². The van der Waals surface area contributed by atoms with Gasteiger partial charge in [0.05, 0.1) is 12.2 Å². The minimum absolute atomic E-state index is 0.296. The van der Waals surface area contributed by atoms with Crippen LogP contribution in [-0.4, -0.2) is 40.1 Å². The van der Waals surface area contributed by atoms with E-state index in [9.17, 15) is 0 Å². The van der Waals surface area contributed by atoms with Gasteiger partial charge in [-0.2, -0.15) is 5.10 Å². The van der Waals surface area contributed by atoms with E-state index in [-0.39, 0.29) is 0 Å². The SMILES string of the molecule is CNC(Cc1ncnn1CC(C)C)C1CCC(C)O1. The minimum atomic E-state index is 0.296. The van der Waals surface area contributed by atoms with E-state index in [4.69, 9.17) is 4.74 Å². The molecule has 0 spiro atoms. The van der Waals surface area contributed by atoms with Crippen molar-refractivity contribution in [2.24, 2.45) is 5.92 Å². The number of likely N-dealkylation sites (N-methyl/N-ethyl adjacent to an activating group) is 1. The van der Waals surface area contributed by atoms with Gasteiger partial charge in [0.25, 0.3) is 0 Å². The molecule has 0 saturated carbocycles. The van der Waals surface area contributed by atoms with Crippen LogP contribution >= 0.6 is 0 Å². The van der Waals surface area contributed by atoms with Crippen molar-refractivity contribution in [3.05, 3.63) is 12.2 Å². The van der Waals surface area contributed by atoms with Gasteiger partial charge >= 0.3 is 0 Å². The van der Waals surface area contributed by atoms with Crippen LogP contribution in [0.3, 0.4) is 0 Å². The highest BCUT2D eigenvalue weighted by Gasteiger charge is 2.29. The van der Waals surface area contributed by atoms with Crippen molar-refractivity contribution in [1.29, 1.82) is 0 Å². The molecule has 0 aromatic carbocycles. The fourth-order valence-electron chi connectivity index (χ4n) is 2.69. The van der Waals surface area contributed by atoms with E-state index in [1.807, 2.05) is 11.7 Å². The van der Waals surface area contributed by atoms with E-state index < -0.39 is 0 Å². The van der Waals surface area contributed by atoms with Gasteiger partial charge in [0.2, 0.25) is 0 Å². The zero-order chi connectivity index (χ0) is 13.8. The Morgan fingerprint density at radius 2 is 2.26 bits per heavy atom. The van der Waals surface area contributed by atoms with Gasteiger partial charge in [-0.25, -0.2) is 9.67 Å². The molecule has 5 heteroatoms. The summed E-state index contributed by atoms with van der Waals surface area (Å²) in [5, 5.41) is 7.70. The van der Waals surface area contributed by atoms with Crippen LogP contribution in [0.25, 0.3) is 0 Å². The first-order chi connectivity index (χ1) is 9.10. The van der Waals surface area contributed by atoms with E-state index in [1.54, 1.807) is 6.33 Å². The third-order valence-corrected chi connectivity index (χ3v) is 3.72. The Hall–Kier alpha value is -0.940. The average molecular weight is 266 g/mol. The lowest BCUT2D eigenvalue weighted by Crippen LogP contribution is -2.40. The number of hydrogen-bond donors (Lipinski definition) is 1. The molecule has 3 unspecified atom stereocenters. The Labute approximate surface area is 115 Å². The predicted octanol–water partition coefficient (Wildman–Crippen LogP) is 1.63. The maximum Gasteiger partial charge on any atom is 0.138 e. The summed E-state index contributed by atoms with van der Waals surface area (Å²) in [4.78, 5) is 4.40. The molecule has 5 nitrogen and oxygen atoms in total. The second kappa shape index (κ2) is 6.48. The minimum Gasteiger partial charge on any atom is -0.374 e. The number of nitrogens with zero attached hydrogens (tertiary/aromatic N) is 3. The maximum atomic E-state index is 5.96. The molecule has 1 N–H and O–H groups in total. The zero-order valence-electron chi connectivity index (χ0n) is 12.5. The second-order valence-electron chi connectivity index (χ2n) is 5.91. The van der Waals surface area contributed by atoms with E-state index >= 15 is 0 Å². The molecule has 3 atom stereocenters. The zero-order valence-corrected chi connectivity index (χ0v) is 12.5. The first-order valence-electron chi connectivity index (χ1n) is 7.29. The fourth-order valence-corrected chi connectivity index (χ4v) is 2.69. The first kappa shape index (κ1) is 14.5. The highest BCUT2D eigenvalue weighted by atomic mass is 16.5. The van der Waals surface area contributed by atoms with Crippen molar-refractivity contribution in [3.8, 4) is 0 Å². The summed E-state index contributed by atoms with van der Waals surface area (Å²) < 4.78 is 7.99. The third-order valence-electron chi connectivity index (χ3n) is 3.72. The lowest BCUT2D eigenvalue weighted by molar-refractivity contribution is 0.0331. The molecule has 0 radical (unpaired) electrons. The Bertz CT molecular complexity index is 391. The lowest BCUT2D eigenvalue weighted by Gasteiger charge is -2.23. The van der Waals surface area contributed by atoms with E-state index in [0.717, 1.165) is 31.6 Å². The van der Waals surface area contributed by atoms with Crippen LogP contribution in [-0.2, 0) is 17.7 Å². The fraction of sp³-hybridized carbons (Fsp3) is 0.857. The van der Waals surface area contributed by atoms with Gasteiger partial charge in [0.15, 0.2) is 0 Å². The van der Waals surface area contributed by atoms with Crippen molar-refractivity contribution in [1.82, 2.24) is 20.1 Å². The molecule has 108 valence electrons. The molecule has 2 rings (SSSR count). The molecule has 1 aromatic heterocycles. The van der Waals surface area contributed by atoms with E-state index in [2.05, 4.69) is 36.2 Å². The summed E-state index contributed by atoms with van der Waals surface area (Å²) in [7, 11) is 2.00. The molecule has 1 fully saturated rings. The van der Waals surface area contributed by atoms with Gasteiger partial charge in [0.1, 0.15) is 12.2 Å². The summed E-state index contributed by atoms with van der Waals surface area (Å²) >= 11 is 0.